The molecule has 1 heterocycles. The third kappa shape index (κ3) is 4.98. The first-order chi connectivity index (χ1) is 9.28. The van der Waals surface area contributed by atoms with E-state index in [0.717, 1.165) is 24.9 Å². The Kier molecular flexibility index (Phi) is 5.90. The van der Waals surface area contributed by atoms with E-state index in [1.807, 2.05) is 17.9 Å². The molecular formula is C16H29N3. The smallest absolute Gasteiger partial charge is 0.0522 e. The lowest BCUT2D eigenvalue weighted by atomic mass is 9.95. The number of rotatable bonds is 6. The van der Waals surface area contributed by atoms with E-state index in [9.17, 15) is 0 Å². The van der Waals surface area contributed by atoms with Crippen LogP contribution in [-0.2, 0) is 13.5 Å². The van der Waals surface area contributed by atoms with E-state index in [2.05, 4.69) is 23.5 Å². The van der Waals surface area contributed by atoms with Crippen LogP contribution < -0.4 is 5.32 Å². The molecule has 0 radical (unpaired) electrons. The Morgan fingerprint density at radius 2 is 2.21 bits per heavy atom. The quantitative estimate of drug-likeness (QED) is 0.798. The molecule has 1 saturated carbocycles. The van der Waals surface area contributed by atoms with E-state index < -0.39 is 0 Å². The first-order valence-corrected chi connectivity index (χ1v) is 7.99. The molecule has 1 N–H and O–H groups in total. The van der Waals surface area contributed by atoms with Gasteiger partial charge in [0, 0.05) is 19.3 Å². The number of hydrogen-bond acceptors (Lipinski definition) is 2. The lowest BCUT2D eigenvalue weighted by molar-refractivity contribution is 0.411. The van der Waals surface area contributed by atoms with Crippen LogP contribution >= 0.6 is 0 Å². The molecule has 1 aliphatic rings. The van der Waals surface area contributed by atoms with Gasteiger partial charge in [-0.2, -0.15) is 5.10 Å². The molecule has 1 fully saturated rings. The topological polar surface area (TPSA) is 29.9 Å². The lowest BCUT2D eigenvalue weighted by Gasteiger charge is -2.16. The number of aryl methyl sites for hydroxylation is 1. The maximum absolute atomic E-state index is 4.22. The third-order valence-electron chi connectivity index (χ3n) is 4.39. The Balaban J connectivity index is 1.65. The molecular weight excluding hydrogens is 234 g/mol. The second-order valence-corrected chi connectivity index (χ2v) is 6.09. The van der Waals surface area contributed by atoms with Crippen molar-refractivity contribution in [2.75, 3.05) is 6.54 Å². The zero-order valence-electron chi connectivity index (χ0n) is 12.6. The fourth-order valence-electron chi connectivity index (χ4n) is 3.30. The molecule has 0 aliphatic heterocycles. The minimum Gasteiger partial charge on any atom is -0.314 e. The molecule has 108 valence electrons. The fourth-order valence-corrected chi connectivity index (χ4v) is 3.30. The SMILES string of the molecule is CCCC1CCCC(NCCc2cnn(C)c2)CC1. The van der Waals surface area contributed by atoms with Crippen molar-refractivity contribution >= 4 is 0 Å². The van der Waals surface area contributed by atoms with Crippen molar-refractivity contribution in [3.05, 3.63) is 18.0 Å². The summed E-state index contributed by atoms with van der Waals surface area (Å²) in [5, 5.41) is 7.96. The molecule has 3 nitrogen and oxygen atoms in total. The van der Waals surface area contributed by atoms with Crippen LogP contribution in [0.25, 0.3) is 0 Å². The van der Waals surface area contributed by atoms with E-state index in [1.54, 1.807) is 0 Å². The Morgan fingerprint density at radius 1 is 1.32 bits per heavy atom. The molecule has 1 aliphatic carbocycles. The molecule has 2 atom stereocenters. The molecule has 0 bridgehead atoms. The average Bonchev–Trinajstić information content (AvgIpc) is 2.67. The van der Waals surface area contributed by atoms with E-state index in [0.29, 0.717) is 0 Å². The lowest BCUT2D eigenvalue weighted by Crippen LogP contribution is -2.30. The van der Waals surface area contributed by atoms with Crippen molar-refractivity contribution in [1.29, 1.82) is 0 Å². The highest BCUT2D eigenvalue weighted by Gasteiger charge is 2.17. The molecule has 19 heavy (non-hydrogen) atoms. The summed E-state index contributed by atoms with van der Waals surface area (Å²) in [6.07, 6.45) is 15.0. The fraction of sp³-hybridized carbons (Fsp3) is 0.812. The summed E-state index contributed by atoms with van der Waals surface area (Å²) in [6, 6.07) is 0.749. The summed E-state index contributed by atoms with van der Waals surface area (Å²) in [5.41, 5.74) is 1.34. The van der Waals surface area contributed by atoms with Gasteiger partial charge >= 0.3 is 0 Å². The average molecular weight is 263 g/mol. The molecule has 0 amide bonds. The first kappa shape index (κ1) is 14.6. The van der Waals surface area contributed by atoms with E-state index in [-0.39, 0.29) is 0 Å². The molecule has 2 unspecified atom stereocenters. The molecule has 3 heteroatoms. The third-order valence-corrected chi connectivity index (χ3v) is 4.39. The molecule has 1 aromatic heterocycles. The van der Waals surface area contributed by atoms with E-state index in [1.165, 1.54) is 50.5 Å². The molecule has 0 spiro atoms. The van der Waals surface area contributed by atoms with E-state index >= 15 is 0 Å². The molecule has 1 aromatic rings. The van der Waals surface area contributed by atoms with Gasteiger partial charge in [0.1, 0.15) is 0 Å². The highest BCUT2D eigenvalue weighted by molar-refractivity contribution is 5.03. The van der Waals surface area contributed by atoms with Gasteiger partial charge in [0.05, 0.1) is 6.20 Å². The van der Waals surface area contributed by atoms with Gasteiger partial charge in [-0.05, 0) is 43.7 Å². The Labute approximate surface area is 117 Å². The summed E-state index contributed by atoms with van der Waals surface area (Å²) in [5.74, 6) is 0.995. The zero-order valence-corrected chi connectivity index (χ0v) is 12.6. The van der Waals surface area contributed by atoms with Crippen LogP contribution in [0.1, 0.15) is 57.4 Å². The van der Waals surface area contributed by atoms with Crippen LogP contribution in [0, 0.1) is 5.92 Å². The summed E-state index contributed by atoms with van der Waals surface area (Å²) in [7, 11) is 1.98. The first-order valence-electron chi connectivity index (χ1n) is 7.99. The molecule has 2 rings (SSSR count). The van der Waals surface area contributed by atoms with Gasteiger partial charge in [0.15, 0.2) is 0 Å². The summed E-state index contributed by atoms with van der Waals surface area (Å²) in [6.45, 7) is 3.41. The molecule has 0 aromatic carbocycles. The van der Waals surface area contributed by atoms with Crippen molar-refractivity contribution in [2.45, 2.75) is 64.3 Å². The van der Waals surface area contributed by atoms with Crippen LogP contribution in [0.2, 0.25) is 0 Å². The second kappa shape index (κ2) is 7.68. The highest BCUT2D eigenvalue weighted by atomic mass is 15.2. The number of aromatic nitrogens is 2. The van der Waals surface area contributed by atoms with Crippen LogP contribution in [0.4, 0.5) is 0 Å². The Bertz CT molecular complexity index is 359. The Morgan fingerprint density at radius 3 is 2.95 bits per heavy atom. The van der Waals surface area contributed by atoms with Crippen LogP contribution in [0.3, 0.4) is 0 Å². The number of nitrogens with zero attached hydrogens (tertiary/aromatic N) is 2. The van der Waals surface area contributed by atoms with Crippen molar-refractivity contribution in [2.24, 2.45) is 13.0 Å². The van der Waals surface area contributed by atoms with Gasteiger partial charge in [-0.15, -0.1) is 0 Å². The van der Waals surface area contributed by atoms with Gasteiger partial charge in [-0.1, -0.05) is 32.6 Å². The number of hydrogen-bond donors (Lipinski definition) is 1. The maximum Gasteiger partial charge on any atom is 0.0522 e. The van der Waals surface area contributed by atoms with Crippen molar-refractivity contribution in [3.8, 4) is 0 Å². The summed E-state index contributed by atoms with van der Waals surface area (Å²) in [4.78, 5) is 0. The molecule has 0 saturated heterocycles. The Hall–Kier alpha value is -0.830. The van der Waals surface area contributed by atoms with Crippen LogP contribution in [-0.4, -0.2) is 22.4 Å². The van der Waals surface area contributed by atoms with Gasteiger partial charge in [-0.3, -0.25) is 4.68 Å². The monoisotopic (exact) mass is 263 g/mol. The van der Waals surface area contributed by atoms with Crippen molar-refractivity contribution in [3.63, 3.8) is 0 Å². The van der Waals surface area contributed by atoms with Crippen LogP contribution in [0.5, 0.6) is 0 Å². The highest BCUT2D eigenvalue weighted by Crippen LogP contribution is 2.26. The predicted octanol–water partition coefficient (Wildman–Crippen LogP) is 3.30. The van der Waals surface area contributed by atoms with Crippen molar-refractivity contribution < 1.29 is 0 Å². The predicted molar refractivity (Wildman–Crippen MR) is 80.2 cm³/mol. The second-order valence-electron chi connectivity index (χ2n) is 6.09. The minimum absolute atomic E-state index is 0.749. The van der Waals surface area contributed by atoms with Crippen LogP contribution in [0.15, 0.2) is 12.4 Å². The van der Waals surface area contributed by atoms with Gasteiger partial charge < -0.3 is 5.32 Å². The maximum atomic E-state index is 4.22. The largest absolute Gasteiger partial charge is 0.314 e. The summed E-state index contributed by atoms with van der Waals surface area (Å²) >= 11 is 0. The van der Waals surface area contributed by atoms with Gasteiger partial charge in [0.25, 0.3) is 0 Å². The standard InChI is InChI=1S/C16H29N3/c1-3-5-14-6-4-7-16(9-8-14)17-11-10-15-12-18-19(2)13-15/h12-14,16-17H,3-11H2,1-2H3. The van der Waals surface area contributed by atoms with Gasteiger partial charge in [0.2, 0.25) is 0 Å². The minimum atomic E-state index is 0.749. The van der Waals surface area contributed by atoms with E-state index in [4.69, 9.17) is 0 Å². The normalized spacial score (nSPS) is 24.3. The van der Waals surface area contributed by atoms with Gasteiger partial charge in [-0.25, -0.2) is 0 Å². The zero-order chi connectivity index (χ0) is 13.5. The summed E-state index contributed by atoms with van der Waals surface area (Å²) < 4.78 is 1.89. The van der Waals surface area contributed by atoms with Crippen molar-refractivity contribution in [1.82, 2.24) is 15.1 Å². The number of nitrogens with one attached hydrogen (secondary N) is 1.